The van der Waals surface area contributed by atoms with Gasteiger partial charge in [0.2, 0.25) is 5.91 Å². The average Bonchev–Trinajstić information content (AvgIpc) is 2.50. The van der Waals surface area contributed by atoms with Gasteiger partial charge in [-0.1, -0.05) is 6.92 Å². The monoisotopic (exact) mass is 365 g/mol. The van der Waals surface area contributed by atoms with Gasteiger partial charge < -0.3 is 21.1 Å². The number of nitrogens with one attached hydrogen (secondary N) is 3. The Balaban J connectivity index is 1.33. The molecule has 0 heterocycles. The van der Waals surface area contributed by atoms with Crippen molar-refractivity contribution in [2.45, 2.75) is 63.8 Å². The number of amides is 3. The van der Waals surface area contributed by atoms with Crippen molar-refractivity contribution in [1.82, 2.24) is 16.0 Å². The van der Waals surface area contributed by atoms with Crippen molar-refractivity contribution in [2.24, 2.45) is 23.7 Å². The summed E-state index contributed by atoms with van der Waals surface area (Å²) in [6.07, 6.45) is 7.56. The molecule has 0 aromatic heterocycles. The summed E-state index contributed by atoms with van der Waals surface area (Å²) in [5.74, 6) is 1.19. The predicted octanol–water partition coefficient (Wildman–Crippen LogP) is 1.87. The van der Waals surface area contributed by atoms with Crippen molar-refractivity contribution >= 4 is 17.9 Å². The van der Waals surface area contributed by atoms with Crippen LogP contribution in [0.15, 0.2) is 0 Å². The van der Waals surface area contributed by atoms with E-state index in [9.17, 15) is 14.4 Å². The van der Waals surface area contributed by atoms with Crippen LogP contribution in [0.25, 0.3) is 0 Å². The molecular weight excluding hydrogens is 334 g/mol. The fourth-order valence-electron chi connectivity index (χ4n) is 5.59. The third-order valence-corrected chi connectivity index (χ3v) is 6.23. The first-order valence-corrected chi connectivity index (χ1v) is 9.88. The SMILES string of the molecule is CC(CNC(=O)CCNC(=O)NC12CC3CC(CC(C3)C1)C2)CC(=O)O. The van der Waals surface area contributed by atoms with Crippen molar-refractivity contribution in [3.63, 3.8) is 0 Å². The predicted molar refractivity (Wildman–Crippen MR) is 96.5 cm³/mol. The lowest BCUT2D eigenvalue weighted by molar-refractivity contribution is -0.138. The third-order valence-electron chi connectivity index (χ3n) is 6.23. The molecule has 0 spiro atoms. The molecule has 4 N–H and O–H groups in total. The minimum absolute atomic E-state index is 0.0205. The third kappa shape index (κ3) is 4.89. The van der Waals surface area contributed by atoms with E-state index in [-0.39, 0.29) is 42.8 Å². The number of hydrogen-bond donors (Lipinski definition) is 4. The molecule has 7 nitrogen and oxygen atoms in total. The van der Waals surface area contributed by atoms with E-state index in [1.54, 1.807) is 6.92 Å². The van der Waals surface area contributed by atoms with E-state index in [1.807, 2.05) is 0 Å². The van der Waals surface area contributed by atoms with Crippen LogP contribution in [-0.2, 0) is 9.59 Å². The maximum atomic E-state index is 12.3. The molecule has 3 amide bonds. The highest BCUT2D eigenvalue weighted by molar-refractivity contribution is 5.78. The molecule has 7 heteroatoms. The molecule has 0 aromatic rings. The van der Waals surface area contributed by atoms with Gasteiger partial charge in [-0.2, -0.15) is 0 Å². The number of rotatable bonds is 8. The van der Waals surface area contributed by atoms with Crippen LogP contribution >= 0.6 is 0 Å². The van der Waals surface area contributed by atoms with E-state index in [0.29, 0.717) is 6.54 Å². The van der Waals surface area contributed by atoms with E-state index < -0.39 is 5.97 Å². The van der Waals surface area contributed by atoms with Crippen LogP contribution in [0.5, 0.6) is 0 Å². The van der Waals surface area contributed by atoms with Crippen LogP contribution in [0, 0.1) is 23.7 Å². The van der Waals surface area contributed by atoms with Crippen molar-refractivity contribution in [3.05, 3.63) is 0 Å². The molecule has 26 heavy (non-hydrogen) atoms. The normalized spacial score (nSPS) is 32.7. The highest BCUT2D eigenvalue weighted by atomic mass is 16.4. The minimum atomic E-state index is -0.866. The molecule has 4 saturated carbocycles. The lowest BCUT2D eigenvalue weighted by Gasteiger charge is -2.56. The summed E-state index contributed by atoms with van der Waals surface area (Å²) in [5.41, 5.74) is -0.0205. The molecule has 1 unspecified atom stereocenters. The molecule has 0 aliphatic heterocycles. The Kier molecular flexibility index (Phi) is 5.73. The number of carbonyl (C=O) groups excluding carboxylic acids is 2. The van der Waals surface area contributed by atoms with Gasteiger partial charge >= 0.3 is 12.0 Å². The van der Waals surface area contributed by atoms with Gasteiger partial charge in [0.25, 0.3) is 0 Å². The van der Waals surface area contributed by atoms with Gasteiger partial charge in [0.05, 0.1) is 0 Å². The number of carboxylic acid groups (broad SMARTS) is 1. The summed E-state index contributed by atoms with van der Waals surface area (Å²) in [7, 11) is 0. The smallest absolute Gasteiger partial charge is 0.315 e. The van der Waals surface area contributed by atoms with E-state index in [0.717, 1.165) is 37.0 Å². The molecule has 0 radical (unpaired) electrons. The van der Waals surface area contributed by atoms with Crippen molar-refractivity contribution in [1.29, 1.82) is 0 Å². The first kappa shape index (κ1) is 19.0. The maximum absolute atomic E-state index is 12.3. The Morgan fingerprint density at radius 1 is 1.04 bits per heavy atom. The topological polar surface area (TPSA) is 108 Å². The molecule has 0 saturated heterocycles. The van der Waals surface area contributed by atoms with Crippen LogP contribution in [0.4, 0.5) is 4.79 Å². The van der Waals surface area contributed by atoms with Gasteiger partial charge in [-0.3, -0.25) is 9.59 Å². The van der Waals surface area contributed by atoms with E-state index >= 15 is 0 Å². The lowest BCUT2D eigenvalue weighted by atomic mass is 9.53. The van der Waals surface area contributed by atoms with Crippen LogP contribution < -0.4 is 16.0 Å². The molecule has 4 aliphatic carbocycles. The number of urea groups is 1. The number of aliphatic carboxylic acids is 1. The van der Waals surface area contributed by atoms with Crippen molar-refractivity contribution in [3.8, 4) is 0 Å². The highest BCUT2D eigenvalue weighted by Gasteiger charge is 2.51. The van der Waals surface area contributed by atoms with Gasteiger partial charge in [0.15, 0.2) is 0 Å². The van der Waals surface area contributed by atoms with Crippen LogP contribution in [0.3, 0.4) is 0 Å². The molecular formula is C19H31N3O4. The molecule has 4 fully saturated rings. The average molecular weight is 365 g/mol. The Morgan fingerprint density at radius 2 is 1.62 bits per heavy atom. The fourth-order valence-corrected chi connectivity index (χ4v) is 5.59. The van der Waals surface area contributed by atoms with Gasteiger partial charge in [-0.05, 0) is 62.2 Å². The van der Waals surface area contributed by atoms with Crippen LogP contribution in [0.2, 0.25) is 0 Å². The zero-order chi connectivity index (χ0) is 18.7. The van der Waals surface area contributed by atoms with Crippen LogP contribution in [0.1, 0.15) is 58.3 Å². The van der Waals surface area contributed by atoms with E-state index in [1.165, 1.54) is 19.3 Å². The zero-order valence-corrected chi connectivity index (χ0v) is 15.6. The number of hydrogen-bond acceptors (Lipinski definition) is 3. The molecule has 146 valence electrons. The summed E-state index contributed by atoms with van der Waals surface area (Å²) in [5, 5.41) is 17.4. The van der Waals surface area contributed by atoms with Crippen molar-refractivity contribution in [2.75, 3.05) is 13.1 Å². The molecule has 0 aromatic carbocycles. The van der Waals surface area contributed by atoms with Gasteiger partial charge in [-0.25, -0.2) is 4.79 Å². The Bertz CT molecular complexity index is 528. The quantitative estimate of drug-likeness (QED) is 0.527. The largest absolute Gasteiger partial charge is 0.481 e. The Hall–Kier alpha value is -1.79. The summed E-state index contributed by atoms with van der Waals surface area (Å²) < 4.78 is 0. The summed E-state index contributed by atoms with van der Waals surface area (Å²) >= 11 is 0. The summed E-state index contributed by atoms with van der Waals surface area (Å²) in [6, 6.07) is -0.168. The van der Waals surface area contributed by atoms with Crippen molar-refractivity contribution < 1.29 is 19.5 Å². The lowest BCUT2D eigenvalue weighted by Crippen LogP contribution is -2.61. The second kappa shape index (κ2) is 7.84. The van der Waals surface area contributed by atoms with Crippen LogP contribution in [-0.4, -0.2) is 41.6 Å². The fraction of sp³-hybridized carbons (Fsp3) is 0.842. The number of carbonyl (C=O) groups is 3. The van der Waals surface area contributed by atoms with E-state index in [4.69, 9.17) is 5.11 Å². The number of carboxylic acids is 1. The van der Waals surface area contributed by atoms with Gasteiger partial charge in [0.1, 0.15) is 0 Å². The minimum Gasteiger partial charge on any atom is -0.481 e. The van der Waals surface area contributed by atoms with Gasteiger partial charge in [-0.15, -0.1) is 0 Å². The Morgan fingerprint density at radius 3 is 2.15 bits per heavy atom. The van der Waals surface area contributed by atoms with E-state index in [2.05, 4.69) is 16.0 Å². The first-order chi connectivity index (χ1) is 12.3. The standard InChI is InChI=1S/C19H31N3O4/c1-12(4-17(24)25)11-21-16(23)2-3-20-18(26)22-19-8-13-5-14(9-19)7-15(6-13)10-19/h12-15H,2-11H2,1H3,(H,21,23)(H,24,25)(H2,20,22,26). The molecule has 4 aliphatic rings. The highest BCUT2D eigenvalue weighted by Crippen LogP contribution is 2.55. The molecule has 4 bridgehead atoms. The summed E-state index contributed by atoms with van der Waals surface area (Å²) in [4.78, 5) is 34.7. The molecule has 4 rings (SSSR count). The zero-order valence-electron chi connectivity index (χ0n) is 15.6. The maximum Gasteiger partial charge on any atom is 0.315 e. The molecule has 1 atom stereocenters. The van der Waals surface area contributed by atoms with Gasteiger partial charge in [0, 0.05) is 31.5 Å². The summed E-state index contributed by atoms with van der Waals surface area (Å²) in [6.45, 7) is 2.41. The second-order valence-electron chi connectivity index (χ2n) is 8.84. The second-order valence-corrected chi connectivity index (χ2v) is 8.84. The first-order valence-electron chi connectivity index (χ1n) is 9.88. The Labute approximate surface area is 154 Å².